The van der Waals surface area contributed by atoms with Crippen molar-refractivity contribution < 1.29 is 13.3 Å². The van der Waals surface area contributed by atoms with Crippen molar-refractivity contribution >= 4 is 30.3 Å². The lowest BCUT2D eigenvalue weighted by Crippen LogP contribution is -2.21. The predicted octanol–water partition coefficient (Wildman–Crippen LogP) is -1.33. The Bertz CT molecular complexity index is 105. The van der Waals surface area contributed by atoms with Crippen LogP contribution in [-0.2, 0) is 8.23 Å². The number of hydrogen-bond donors (Lipinski definition) is 1. The average Bonchev–Trinajstić information content (AvgIpc) is 2.13. The highest BCUT2D eigenvalue weighted by Gasteiger charge is 2.04. The van der Waals surface area contributed by atoms with Crippen molar-refractivity contribution in [3.8, 4) is 0 Å². The normalized spacial score (nSPS) is 15.2. The standard InChI is InChI=1S/C7H22O3Si3/c1-2-3-4-5-6-7(8)12-10-13-9-11/h7-8H,2-6,12-13H2,1,11H3. The van der Waals surface area contributed by atoms with E-state index in [0.717, 1.165) is 23.3 Å². The van der Waals surface area contributed by atoms with Gasteiger partial charge >= 0.3 is 0 Å². The summed E-state index contributed by atoms with van der Waals surface area (Å²) < 4.78 is 10.4. The molecule has 0 bridgehead atoms. The maximum Gasteiger partial charge on any atom is 0.282 e. The summed E-state index contributed by atoms with van der Waals surface area (Å²) in [4.78, 5) is 0. The summed E-state index contributed by atoms with van der Waals surface area (Å²) in [6, 6.07) is 0. The quantitative estimate of drug-likeness (QED) is 0.400. The minimum atomic E-state index is -0.695. The van der Waals surface area contributed by atoms with Gasteiger partial charge in [0.2, 0.25) is 0 Å². The van der Waals surface area contributed by atoms with Crippen LogP contribution in [0, 0.1) is 0 Å². The fourth-order valence-corrected chi connectivity index (χ4v) is 5.25. The van der Waals surface area contributed by atoms with Crippen LogP contribution in [0.25, 0.3) is 0 Å². The molecule has 6 heteroatoms. The molecule has 0 amide bonds. The highest BCUT2D eigenvalue weighted by molar-refractivity contribution is 6.42. The molecular formula is C7H22O3Si3. The molecular weight excluding hydrogens is 216 g/mol. The average molecular weight is 239 g/mol. The molecule has 1 N–H and O–H groups in total. The zero-order chi connectivity index (χ0) is 9.94. The van der Waals surface area contributed by atoms with Crippen LogP contribution in [0.5, 0.6) is 0 Å². The first-order chi connectivity index (χ1) is 6.31. The molecule has 13 heavy (non-hydrogen) atoms. The largest absolute Gasteiger partial charge is 0.449 e. The summed E-state index contributed by atoms with van der Waals surface area (Å²) in [6.07, 6.45) is 5.87. The van der Waals surface area contributed by atoms with Crippen molar-refractivity contribution in [3.05, 3.63) is 0 Å². The fourth-order valence-electron chi connectivity index (χ4n) is 1.16. The lowest BCUT2D eigenvalue weighted by molar-refractivity contribution is 0.223. The van der Waals surface area contributed by atoms with E-state index in [1.807, 2.05) is 0 Å². The summed E-state index contributed by atoms with van der Waals surface area (Å²) in [5, 5.41) is 9.49. The summed E-state index contributed by atoms with van der Waals surface area (Å²) in [5.41, 5.74) is -0.138. The van der Waals surface area contributed by atoms with Gasteiger partial charge in [0.25, 0.3) is 10.0 Å². The van der Waals surface area contributed by atoms with Gasteiger partial charge in [0.05, 0.1) is 5.73 Å². The molecule has 0 fully saturated rings. The highest BCUT2D eigenvalue weighted by Crippen LogP contribution is 2.04. The van der Waals surface area contributed by atoms with Gasteiger partial charge in [-0.25, -0.2) is 0 Å². The fraction of sp³-hybridized carbons (Fsp3) is 1.00. The SMILES string of the molecule is CCCCCCC(O)[SiH2]O[SiH2]O[SiH3]. The van der Waals surface area contributed by atoms with Crippen LogP contribution in [0.2, 0.25) is 0 Å². The van der Waals surface area contributed by atoms with E-state index < -0.39 is 19.8 Å². The van der Waals surface area contributed by atoms with Gasteiger partial charge < -0.3 is 13.3 Å². The van der Waals surface area contributed by atoms with Crippen molar-refractivity contribution in [1.29, 1.82) is 0 Å². The number of hydrogen-bond acceptors (Lipinski definition) is 3. The molecule has 0 aromatic heterocycles. The molecule has 0 heterocycles. The number of aliphatic hydroxyl groups excluding tert-OH is 1. The van der Waals surface area contributed by atoms with E-state index >= 15 is 0 Å². The minimum absolute atomic E-state index is 0.138. The monoisotopic (exact) mass is 238 g/mol. The lowest BCUT2D eigenvalue weighted by atomic mass is 10.2. The van der Waals surface area contributed by atoms with E-state index in [9.17, 15) is 5.11 Å². The van der Waals surface area contributed by atoms with Crippen LogP contribution in [0.3, 0.4) is 0 Å². The van der Waals surface area contributed by atoms with E-state index in [-0.39, 0.29) is 5.73 Å². The molecule has 0 saturated heterocycles. The van der Waals surface area contributed by atoms with Gasteiger partial charge in [-0.2, -0.15) is 0 Å². The summed E-state index contributed by atoms with van der Waals surface area (Å²) in [6.45, 7) is 2.20. The third-order valence-corrected chi connectivity index (χ3v) is 5.25. The first kappa shape index (κ1) is 13.5. The molecule has 1 atom stereocenters. The van der Waals surface area contributed by atoms with Crippen LogP contribution >= 0.6 is 0 Å². The Hall–Kier alpha value is 0.531. The lowest BCUT2D eigenvalue weighted by Gasteiger charge is -2.09. The Morgan fingerprint density at radius 1 is 1.38 bits per heavy atom. The Labute approximate surface area is 88.8 Å². The zero-order valence-electron chi connectivity index (χ0n) is 8.79. The predicted molar refractivity (Wildman–Crippen MR) is 64.0 cm³/mol. The second kappa shape index (κ2) is 10.6. The van der Waals surface area contributed by atoms with Gasteiger partial charge in [-0.05, 0) is 6.42 Å². The topological polar surface area (TPSA) is 38.7 Å². The van der Waals surface area contributed by atoms with E-state index in [2.05, 4.69) is 6.92 Å². The maximum atomic E-state index is 9.49. The smallest absolute Gasteiger partial charge is 0.282 e. The van der Waals surface area contributed by atoms with Crippen molar-refractivity contribution in [2.24, 2.45) is 0 Å². The second-order valence-electron chi connectivity index (χ2n) is 3.28. The van der Waals surface area contributed by atoms with Crippen LogP contribution in [-0.4, -0.2) is 41.1 Å². The van der Waals surface area contributed by atoms with Crippen molar-refractivity contribution in [1.82, 2.24) is 0 Å². The summed E-state index contributed by atoms with van der Waals surface area (Å²) in [5.74, 6) is 0. The van der Waals surface area contributed by atoms with Crippen LogP contribution in [0.15, 0.2) is 0 Å². The molecule has 0 saturated carbocycles. The van der Waals surface area contributed by atoms with Crippen molar-refractivity contribution in [2.45, 2.75) is 44.8 Å². The van der Waals surface area contributed by atoms with E-state index in [4.69, 9.17) is 8.23 Å². The van der Waals surface area contributed by atoms with Crippen LogP contribution in [0.4, 0.5) is 0 Å². The van der Waals surface area contributed by atoms with E-state index in [1.54, 1.807) is 0 Å². The number of aliphatic hydroxyl groups is 1. The molecule has 0 aromatic rings. The molecule has 0 aliphatic carbocycles. The number of unbranched alkanes of at least 4 members (excludes halogenated alkanes) is 3. The Balaban J connectivity index is 3.05. The van der Waals surface area contributed by atoms with Crippen molar-refractivity contribution in [3.63, 3.8) is 0 Å². The highest BCUT2D eigenvalue weighted by atomic mass is 28.3. The Morgan fingerprint density at radius 3 is 2.77 bits per heavy atom. The second-order valence-corrected chi connectivity index (χ2v) is 8.73. The molecule has 3 nitrogen and oxygen atoms in total. The van der Waals surface area contributed by atoms with E-state index in [1.165, 1.54) is 19.3 Å². The Kier molecular flexibility index (Phi) is 11.0. The molecule has 0 radical (unpaired) electrons. The third kappa shape index (κ3) is 10.5. The maximum absolute atomic E-state index is 9.49. The zero-order valence-corrected chi connectivity index (χ0v) is 13.6. The van der Waals surface area contributed by atoms with Crippen LogP contribution < -0.4 is 0 Å². The molecule has 0 aliphatic heterocycles. The Morgan fingerprint density at radius 2 is 2.15 bits per heavy atom. The number of rotatable bonds is 9. The molecule has 0 aliphatic rings. The van der Waals surface area contributed by atoms with Gasteiger partial charge in [0, 0.05) is 0 Å². The molecule has 1 unspecified atom stereocenters. The van der Waals surface area contributed by atoms with Crippen molar-refractivity contribution in [2.75, 3.05) is 0 Å². The van der Waals surface area contributed by atoms with Gasteiger partial charge in [0.15, 0.2) is 9.76 Å². The van der Waals surface area contributed by atoms with E-state index in [0.29, 0.717) is 0 Å². The van der Waals surface area contributed by atoms with Gasteiger partial charge in [0.1, 0.15) is 10.5 Å². The summed E-state index contributed by atoms with van der Waals surface area (Å²) >= 11 is 0. The third-order valence-electron chi connectivity index (χ3n) is 1.90. The van der Waals surface area contributed by atoms with Gasteiger partial charge in [-0.3, -0.25) is 0 Å². The minimum Gasteiger partial charge on any atom is -0.449 e. The van der Waals surface area contributed by atoms with Crippen LogP contribution in [0.1, 0.15) is 39.0 Å². The molecule has 0 spiro atoms. The summed E-state index contributed by atoms with van der Waals surface area (Å²) in [7, 11) is -0.605. The first-order valence-electron chi connectivity index (χ1n) is 5.06. The molecule has 0 rings (SSSR count). The van der Waals surface area contributed by atoms with Gasteiger partial charge in [-0.15, -0.1) is 0 Å². The first-order valence-corrected chi connectivity index (χ1v) is 8.42. The molecule has 0 aromatic carbocycles. The molecule has 80 valence electrons. The van der Waals surface area contributed by atoms with Gasteiger partial charge in [-0.1, -0.05) is 32.6 Å².